The summed E-state index contributed by atoms with van der Waals surface area (Å²) in [5, 5.41) is 13.1. The van der Waals surface area contributed by atoms with Crippen molar-refractivity contribution in [2.45, 2.75) is 6.92 Å². The van der Waals surface area contributed by atoms with Crippen molar-refractivity contribution in [2.24, 2.45) is 0 Å². The Kier molecular flexibility index (Phi) is 3.94. The van der Waals surface area contributed by atoms with Crippen LogP contribution in [0.25, 0.3) is 17.0 Å². The maximum atomic E-state index is 12.3. The Labute approximate surface area is 134 Å². The molecule has 112 valence electrons. The van der Waals surface area contributed by atoms with E-state index < -0.39 is 5.91 Å². The third-order valence-corrected chi connectivity index (χ3v) is 3.63. The minimum atomic E-state index is -0.414. The lowest BCUT2D eigenvalue weighted by atomic mass is 10.1. The highest BCUT2D eigenvalue weighted by molar-refractivity contribution is 6.11. The summed E-state index contributed by atoms with van der Waals surface area (Å²) >= 11 is 0. The molecule has 0 aliphatic carbocycles. The van der Waals surface area contributed by atoms with E-state index in [1.54, 1.807) is 18.2 Å². The van der Waals surface area contributed by atoms with Gasteiger partial charge in [0.05, 0.1) is 0 Å². The molecule has 1 amide bonds. The van der Waals surface area contributed by atoms with Gasteiger partial charge in [-0.3, -0.25) is 4.79 Å². The van der Waals surface area contributed by atoms with E-state index >= 15 is 0 Å². The Balaban J connectivity index is 1.96. The normalized spacial score (nSPS) is 11.2. The van der Waals surface area contributed by atoms with E-state index in [4.69, 9.17) is 0 Å². The van der Waals surface area contributed by atoms with Gasteiger partial charge in [0.1, 0.15) is 11.6 Å². The molecule has 0 radical (unpaired) electrons. The van der Waals surface area contributed by atoms with Crippen molar-refractivity contribution >= 4 is 28.6 Å². The number of para-hydroxylation sites is 2. The molecule has 1 aromatic heterocycles. The van der Waals surface area contributed by atoms with Gasteiger partial charge in [0.15, 0.2) is 0 Å². The van der Waals surface area contributed by atoms with E-state index in [2.05, 4.69) is 10.3 Å². The molecule has 1 heterocycles. The van der Waals surface area contributed by atoms with Crippen LogP contribution in [0.4, 0.5) is 5.69 Å². The van der Waals surface area contributed by atoms with Gasteiger partial charge in [-0.25, -0.2) is 0 Å². The van der Waals surface area contributed by atoms with Crippen molar-refractivity contribution in [1.82, 2.24) is 4.98 Å². The molecular formula is C19H15N3O. The second-order valence-electron chi connectivity index (χ2n) is 5.20. The fraction of sp³-hybridized carbons (Fsp3) is 0.0526. The quantitative estimate of drug-likeness (QED) is 0.566. The molecule has 0 bridgehead atoms. The summed E-state index contributed by atoms with van der Waals surface area (Å²) < 4.78 is 0. The van der Waals surface area contributed by atoms with Gasteiger partial charge in [0.25, 0.3) is 5.91 Å². The molecule has 4 heteroatoms. The van der Waals surface area contributed by atoms with Crippen molar-refractivity contribution < 1.29 is 4.79 Å². The Hall–Kier alpha value is -3.32. The number of aromatic nitrogens is 1. The maximum absolute atomic E-state index is 12.3. The van der Waals surface area contributed by atoms with E-state index in [1.165, 1.54) is 0 Å². The van der Waals surface area contributed by atoms with Crippen molar-refractivity contribution in [2.75, 3.05) is 5.32 Å². The average Bonchev–Trinajstić information content (AvgIpc) is 2.88. The fourth-order valence-corrected chi connectivity index (χ4v) is 2.50. The molecule has 2 aromatic carbocycles. The summed E-state index contributed by atoms with van der Waals surface area (Å²) in [5.74, 6) is -0.414. The van der Waals surface area contributed by atoms with Gasteiger partial charge in [0.2, 0.25) is 0 Å². The number of amides is 1. The molecule has 0 saturated heterocycles. The molecule has 2 N–H and O–H groups in total. The molecule has 0 aliphatic rings. The van der Waals surface area contributed by atoms with Crippen LogP contribution in [0, 0.1) is 18.3 Å². The number of nitrogens with one attached hydrogen (secondary N) is 2. The van der Waals surface area contributed by atoms with Crippen LogP contribution in [0.1, 0.15) is 11.3 Å². The summed E-state index contributed by atoms with van der Waals surface area (Å²) in [7, 11) is 0. The van der Waals surface area contributed by atoms with Crippen LogP contribution in [0.5, 0.6) is 0 Å². The van der Waals surface area contributed by atoms with E-state index in [-0.39, 0.29) is 5.57 Å². The number of carbonyl (C=O) groups is 1. The van der Waals surface area contributed by atoms with Crippen LogP contribution in [-0.4, -0.2) is 10.9 Å². The van der Waals surface area contributed by atoms with Crippen LogP contribution in [0.15, 0.2) is 60.2 Å². The number of H-pyrrole nitrogens is 1. The number of carbonyl (C=O) groups excluding carboxylic acids is 1. The number of anilines is 1. The zero-order chi connectivity index (χ0) is 16.2. The van der Waals surface area contributed by atoms with Crippen LogP contribution < -0.4 is 5.32 Å². The molecular weight excluding hydrogens is 286 g/mol. The van der Waals surface area contributed by atoms with E-state index in [1.807, 2.05) is 55.5 Å². The lowest BCUT2D eigenvalue weighted by Gasteiger charge is -2.03. The van der Waals surface area contributed by atoms with Gasteiger partial charge in [-0.05, 0) is 31.2 Å². The first-order chi connectivity index (χ1) is 11.2. The number of fused-ring (bicyclic) bond motifs is 1. The highest BCUT2D eigenvalue weighted by Crippen LogP contribution is 2.24. The van der Waals surface area contributed by atoms with Crippen molar-refractivity contribution in [3.8, 4) is 6.07 Å². The average molecular weight is 301 g/mol. The SMILES string of the molecule is Cc1[nH]c2ccccc2c1/C=C(/C#N)C(=O)Nc1ccccc1. The standard InChI is InChI=1S/C19H15N3O/c1-13-17(16-9-5-6-10-18(16)21-13)11-14(12-20)19(23)22-15-7-3-2-4-8-15/h2-11,21H,1H3,(H,22,23)/b14-11-. The Bertz CT molecular complexity index is 930. The number of aromatic amines is 1. The largest absolute Gasteiger partial charge is 0.358 e. The summed E-state index contributed by atoms with van der Waals surface area (Å²) in [4.78, 5) is 15.6. The van der Waals surface area contributed by atoms with Crippen molar-refractivity contribution in [3.63, 3.8) is 0 Å². The third-order valence-electron chi connectivity index (χ3n) is 3.63. The third kappa shape index (κ3) is 2.99. The van der Waals surface area contributed by atoms with E-state index in [0.717, 1.165) is 22.2 Å². The number of rotatable bonds is 3. The zero-order valence-corrected chi connectivity index (χ0v) is 12.6. The lowest BCUT2D eigenvalue weighted by molar-refractivity contribution is -0.112. The summed E-state index contributed by atoms with van der Waals surface area (Å²) in [6, 6.07) is 18.9. The van der Waals surface area contributed by atoms with Gasteiger partial charge >= 0.3 is 0 Å². The first-order valence-corrected chi connectivity index (χ1v) is 7.24. The molecule has 0 spiro atoms. The van der Waals surface area contributed by atoms with Crippen LogP contribution in [0.2, 0.25) is 0 Å². The Morgan fingerprint density at radius 3 is 2.57 bits per heavy atom. The predicted molar refractivity (Wildman–Crippen MR) is 91.7 cm³/mol. The highest BCUT2D eigenvalue weighted by Gasteiger charge is 2.12. The molecule has 3 aromatic rings. The monoisotopic (exact) mass is 301 g/mol. The molecule has 0 saturated carbocycles. The molecule has 3 rings (SSSR count). The lowest BCUT2D eigenvalue weighted by Crippen LogP contribution is -2.13. The number of hydrogen-bond donors (Lipinski definition) is 2. The number of aryl methyl sites for hydroxylation is 1. The minimum absolute atomic E-state index is 0.0710. The molecule has 4 nitrogen and oxygen atoms in total. The topological polar surface area (TPSA) is 68.7 Å². The molecule has 0 unspecified atom stereocenters. The molecule has 23 heavy (non-hydrogen) atoms. The second kappa shape index (κ2) is 6.20. The van der Waals surface area contributed by atoms with Crippen LogP contribution in [0.3, 0.4) is 0 Å². The minimum Gasteiger partial charge on any atom is -0.358 e. The molecule has 0 fully saturated rings. The smallest absolute Gasteiger partial charge is 0.266 e. The number of nitriles is 1. The Morgan fingerprint density at radius 2 is 1.83 bits per heavy atom. The number of hydrogen-bond acceptors (Lipinski definition) is 2. The van der Waals surface area contributed by atoms with Crippen LogP contribution in [-0.2, 0) is 4.79 Å². The van der Waals surface area contributed by atoms with E-state index in [0.29, 0.717) is 5.69 Å². The zero-order valence-electron chi connectivity index (χ0n) is 12.6. The van der Waals surface area contributed by atoms with Gasteiger partial charge in [-0.1, -0.05) is 36.4 Å². The van der Waals surface area contributed by atoms with E-state index in [9.17, 15) is 10.1 Å². The van der Waals surface area contributed by atoms with Gasteiger partial charge in [-0.15, -0.1) is 0 Å². The van der Waals surface area contributed by atoms with Gasteiger partial charge in [-0.2, -0.15) is 5.26 Å². The maximum Gasteiger partial charge on any atom is 0.266 e. The number of nitrogens with zero attached hydrogens (tertiary/aromatic N) is 1. The summed E-state index contributed by atoms with van der Waals surface area (Å²) in [6.07, 6.45) is 1.63. The summed E-state index contributed by atoms with van der Waals surface area (Å²) in [6.45, 7) is 1.93. The predicted octanol–water partition coefficient (Wildman–Crippen LogP) is 4.02. The number of benzene rings is 2. The highest BCUT2D eigenvalue weighted by atomic mass is 16.1. The Morgan fingerprint density at radius 1 is 1.13 bits per heavy atom. The molecule has 0 aliphatic heterocycles. The van der Waals surface area contributed by atoms with Crippen LogP contribution >= 0.6 is 0 Å². The van der Waals surface area contributed by atoms with Crippen molar-refractivity contribution in [1.29, 1.82) is 5.26 Å². The summed E-state index contributed by atoms with van der Waals surface area (Å²) in [5.41, 5.74) is 3.50. The second-order valence-corrected chi connectivity index (χ2v) is 5.20. The van der Waals surface area contributed by atoms with Gasteiger partial charge < -0.3 is 10.3 Å². The van der Waals surface area contributed by atoms with Gasteiger partial charge in [0, 0.05) is 27.8 Å². The van der Waals surface area contributed by atoms with Crippen molar-refractivity contribution in [3.05, 3.63) is 71.4 Å². The first-order valence-electron chi connectivity index (χ1n) is 7.24. The fourth-order valence-electron chi connectivity index (χ4n) is 2.50. The first kappa shape index (κ1) is 14.6. The molecule has 0 atom stereocenters.